The van der Waals surface area contributed by atoms with Crippen molar-refractivity contribution in [2.24, 2.45) is 0 Å². The van der Waals surface area contributed by atoms with E-state index in [2.05, 4.69) is 101 Å². The van der Waals surface area contributed by atoms with Crippen LogP contribution in [0.15, 0.2) is 36.4 Å². The standard InChI is InChI=1S/C23H32IN/c1-15(2)19-9-11-20(12-10-19)17(5)7-8-18(6)21-13-14-22(16(3)4)25-23(21)24/h9-18H,7-8H2,1-6H3. The molecule has 2 aromatic rings. The lowest BCUT2D eigenvalue weighted by molar-refractivity contribution is 0.570. The Morgan fingerprint density at radius 3 is 1.80 bits per heavy atom. The number of rotatable bonds is 7. The Kier molecular flexibility index (Phi) is 7.48. The van der Waals surface area contributed by atoms with Crippen LogP contribution in [-0.4, -0.2) is 4.98 Å². The van der Waals surface area contributed by atoms with Gasteiger partial charge in [-0.25, -0.2) is 4.98 Å². The van der Waals surface area contributed by atoms with Crippen molar-refractivity contribution >= 4 is 22.6 Å². The molecule has 2 rings (SSSR count). The quantitative estimate of drug-likeness (QED) is 0.313. The maximum Gasteiger partial charge on any atom is 0.105 e. The van der Waals surface area contributed by atoms with Crippen LogP contribution in [0.4, 0.5) is 0 Å². The van der Waals surface area contributed by atoms with Gasteiger partial charge in [-0.15, -0.1) is 0 Å². The van der Waals surface area contributed by atoms with Gasteiger partial charge in [-0.05, 0) is 81.9 Å². The van der Waals surface area contributed by atoms with Gasteiger partial charge in [0.2, 0.25) is 0 Å². The Bertz CT molecular complexity index is 673. The molecule has 2 atom stereocenters. The normalized spacial score (nSPS) is 14.1. The highest BCUT2D eigenvalue weighted by molar-refractivity contribution is 14.1. The van der Waals surface area contributed by atoms with E-state index in [4.69, 9.17) is 4.98 Å². The van der Waals surface area contributed by atoms with Gasteiger partial charge in [0, 0.05) is 5.69 Å². The molecule has 25 heavy (non-hydrogen) atoms. The maximum atomic E-state index is 4.79. The summed E-state index contributed by atoms with van der Waals surface area (Å²) in [6.07, 6.45) is 2.41. The van der Waals surface area contributed by atoms with E-state index >= 15 is 0 Å². The number of nitrogens with zero attached hydrogens (tertiary/aromatic N) is 1. The van der Waals surface area contributed by atoms with E-state index in [9.17, 15) is 0 Å². The summed E-state index contributed by atoms with van der Waals surface area (Å²) in [6.45, 7) is 13.6. The second-order valence-electron chi connectivity index (χ2n) is 7.97. The third kappa shape index (κ3) is 5.54. The van der Waals surface area contributed by atoms with Crippen LogP contribution in [0.3, 0.4) is 0 Å². The molecule has 1 aromatic heterocycles. The summed E-state index contributed by atoms with van der Waals surface area (Å²) in [7, 11) is 0. The van der Waals surface area contributed by atoms with Gasteiger partial charge in [0.05, 0.1) is 0 Å². The fraction of sp³-hybridized carbons (Fsp3) is 0.522. The molecule has 0 saturated heterocycles. The van der Waals surface area contributed by atoms with E-state index in [0.717, 1.165) is 0 Å². The highest BCUT2D eigenvalue weighted by Crippen LogP contribution is 2.30. The van der Waals surface area contributed by atoms with E-state index in [1.807, 2.05) is 0 Å². The Morgan fingerprint density at radius 2 is 1.28 bits per heavy atom. The molecule has 0 aliphatic rings. The lowest BCUT2D eigenvalue weighted by Gasteiger charge is -2.18. The molecule has 2 heteroatoms. The number of hydrogen-bond acceptors (Lipinski definition) is 1. The average molecular weight is 449 g/mol. The molecule has 1 heterocycles. The predicted molar refractivity (Wildman–Crippen MR) is 118 cm³/mol. The molecule has 0 N–H and O–H groups in total. The lowest BCUT2D eigenvalue weighted by atomic mass is 9.88. The summed E-state index contributed by atoms with van der Waals surface area (Å²) in [6, 6.07) is 13.7. The molecule has 0 spiro atoms. The minimum Gasteiger partial charge on any atom is -0.246 e. The SMILES string of the molecule is CC(C)c1ccc(C(C)CCC(C)c2ccc(C(C)C)nc2I)cc1. The van der Waals surface area contributed by atoms with E-state index in [0.29, 0.717) is 23.7 Å². The zero-order chi connectivity index (χ0) is 18.6. The molecule has 2 unspecified atom stereocenters. The van der Waals surface area contributed by atoms with Crippen LogP contribution in [0.25, 0.3) is 0 Å². The van der Waals surface area contributed by atoms with Crippen molar-refractivity contribution in [1.29, 1.82) is 0 Å². The van der Waals surface area contributed by atoms with Gasteiger partial charge in [-0.1, -0.05) is 71.9 Å². The number of hydrogen-bond donors (Lipinski definition) is 0. The van der Waals surface area contributed by atoms with Gasteiger partial charge in [0.1, 0.15) is 3.70 Å². The van der Waals surface area contributed by atoms with Gasteiger partial charge in [-0.2, -0.15) is 0 Å². The molecule has 1 aromatic carbocycles. The van der Waals surface area contributed by atoms with Crippen molar-refractivity contribution in [2.75, 3.05) is 0 Å². The first-order valence-electron chi connectivity index (χ1n) is 9.55. The van der Waals surface area contributed by atoms with E-state index in [-0.39, 0.29) is 0 Å². The van der Waals surface area contributed by atoms with Crippen molar-refractivity contribution in [3.05, 3.63) is 62.5 Å². The predicted octanol–water partition coefficient (Wildman–Crippen LogP) is 7.62. The summed E-state index contributed by atoms with van der Waals surface area (Å²) in [5.41, 5.74) is 5.47. The largest absolute Gasteiger partial charge is 0.246 e. The van der Waals surface area contributed by atoms with Crippen LogP contribution in [0, 0.1) is 3.70 Å². The molecular formula is C23H32IN. The van der Waals surface area contributed by atoms with Gasteiger partial charge in [0.15, 0.2) is 0 Å². The van der Waals surface area contributed by atoms with Crippen molar-refractivity contribution in [1.82, 2.24) is 4.98 Å². The molecule has 0 bridgehead atoms. The summed E-state index contributed by atoms with van der Waals surface area (Å²) in [5.74, 6) is 2.25. The van der Waals surface area contributed by atoms with E-state index in [1.165, 1.54) is 38.9 Å². The van der Waals surface area contributed by atoms with Crippen molar-refractivity contribution in [2.45, 2.75) is 78.1 Å². The van der Waals surface area contributed by atoms with Crippen molar-refractivity contribution in [3.63, 3.8) is 0 Å². The maximum absolute atomic E-state index is 4.79. The molecule has 0 saturated carbocycles. The third-order valence-corrected chi connectivity index (χ3v) is 6.09. The topological polar surface area (TPSA) is 12.9 Å². The second kappa shape index (κ2) is 9.16. The van der Waals surface area contributed by atoms with Gasteiger partial charge < -0.3 is 0 Å². The van der Waals surface area contributed by atoms with Crippen LogP contribution in [0.5, 0.6) is 0 Å². The average Bonchev–Trinajstić information content (AvgIpc) is 2.59. The Morgan fingerprint density at radius 1 is 0.720 bits per heavy atom. The van der Waals surface area contributed by atoms with Gasteiger partial charge >= 0.3 is 0 Å². The van der Waals surface area contributed by atoms with E-state index in [1.54, 1.807) is 0 Å². The smallest absolute Gasteiger partial charge is 0.105 e. The highest BCUT2D eigenvalue weighted by atomic mass is 127. The molecule has 1 nitrogen and oxygen atoms in total. The summed E-state index contributed by atoms with van der Waals surface area (Å²) in [5, 5.41) is 0. The highest BCUT2D eigenvalue weighted by Gasteiger charge is 2.14. The monoisotopic (exact) mass is 449 g/mol. The first kappa shape index (κ1) is 20.4. The summed E-state index contributed by atoms with van der Waals surface area (Å²) in [4.78, 5) is 4.79. The number of benzene rings is 1. The van der Waals surface area contributed by atoms with Gasteiger partial charge in [-0.3, -0.25) is 0 Å². The zero-order valence-corrected chi connectivity index (χ0v) is 18.7. The molecule has 136 valence electrons. The molecule has 0 amide bonds. The fourth-order valence-corrected chi connectivity index (χ4v) is 4.17. The Hall–Kier alpha value is -0.900. The molecule has 0 fully saturated rings. The zero-order valence-electron chi connectivity index (χ0n) is 16.5. The third-order valence-electron chi connectivity index (χ3n) is 5.23. The number of halogens is 1. The Labute approximate surface area is 167 Å². The second-order valence-corrected chi connectivity index (χ2v) is 8.99. The van der Waals surface area contributed by atoms with Crippen LogP contribution < -0.4 is 0 Å². The summed E-state index contributed by atoms with van der Waals surface area (Å²) < 4.78 is 1.17. The summed E-state index contributed by atoms with van der Waals surface area (Å²) >= 11 is 2.40. The molecule has 0 aliphatic heterocycles. The first-order valence-corrected chi connectivity index (χ1v) is 10.6. The molecular weight excluding hydrogens is 417 g/mol. The number of aromatic nitrogens is 1. The van der Waals surface area contributed by atoms with Crippen molar-refractivity contribution < 1.29 is 0 Å². The van der Waals surface area contributed by atoms with E-state index < -0.39 is 0 Å². The van der Waals surface area contributed by atoms with Crippen LogP contribution >= 0.6 is 22.6 Å². The van der Waals surface area contributed by atoms with Crippen LogP contribution in [-0.2, 0) is 0 Å². The van der Waals surface area contributed by atoms with Crippen molar-refractivity contribution in [3.8, 4) is 0 Å². The fourth-order valence-electron chi connectivity index (χ4n) is 3.18. The molecule has 0 radical (unpaired) electrons. The lowest BCUT2D eigenvalue weighted by Crippen LogP contribution is -2.04. The first-order chi connectivity index (χ1) is 11.8. The number of pyridine rings is 1. The Balaban J connectivity index is 1.98. The minimum absolute atomic E-state index is 0.492. The van der Waals surface area contributed by atoms with Gasteiger partial charge in [0.25, 0.3) is 0 Å². The van der Waals surface area contributed by atoms with Crippen LogP contribution in [0.2, 0.25) is 0 Å². The molecule has 0 aliphatic carbocycles. The minimum atomic E-state index is 0.492. The van der Waals surface area contributed by atoms with Crippen LogP contribution in [0.1, 0.15) is 100 Å².